The summed E-state index contributed by atoms with van der Waals surface area (Å²) in [6.45, 7) is 6.81. The standard InChI is InChI=1S/C34H40N2O6/c1-5-9-21-12-14-24(15-13-21)32-30(34(38)39)26(25-16-27(40-4)33-28(17-25)41-20-42-33)18-36(32)19-29(37)35-31-22(6-2)10-8-11-23(31)7-3/h8,10-17,26,30,32H,5-7,9,18-20H2,1-4H3,(H,35,37)(H,38,39)/t26-,30?,32+/m1/s1. The predicted octanol–water partition coefficient (Wildman–Crippen LogP) is 5.98. The number of carboxylic acid groups (broad SMARTS) is 1. The molecule has 0 aliphatic carbocycles. The molecule has 0 bridgehead atoms. The Hall–Kier alpha value is -4.04. The van der Waals surface area contributed by atoms with Gasteiger partial charge in [0.1, 0.15) is 0 Å². The maximum atomic E-state index is 13.6. The van der Waals surface area contributed by atoms with Gasteiger partial charge < -0.3 is 24.6 Å². The minimum absolute atomic E-state index is 0.0601. The molecule has 222 valence electrons. The summed E-state index contributed by atoms with van der Waals surface area (Å²) in [6.07, 6.45) is 3.58. The summed E-state index contributed by atoms with van der Waals surface area (Å²) in [6, 6.07) is 17.4. The van der Waals surface area contributed by atoms with Gasteiger partial charge in [0.05, 0.1) is 19.6 Å². The van der Waals surface area contributed by atoms with Crippen LogP contribution in [0.3, 0.4) is 0 Å². The second kappa shape index (κ2) is 12.9. The molecule has 2 N–H and O–H groups in total. The van der Waals surface area contributed by atoms with Crippen LogP contribution in [0.5, 0.6) is 17.2 Å². The quantitative estimate of drug-likeness (QED) is 0.292. The first-order chi connectivity index (χ1) is 20.4. The highest BCUT2D eigenvalue weighted by molar-refractivity contribution is 5.94. The smallest absolute Gasteiger partial charge is 0.309 e. The number of rotatable bonds is 11. The number of methoxy groups -OCH3 is 1. The van der Waals surface area contributed by atoms with Crippen LogP contribution >= 0.6 is 0 Å². The summed E-state index contributed by atoms with van der Waals surface area (Å²) in [5, 5.41) is 13.8. The topological polar surface area (TPSA) is 97.3 Å². The number of benzene rings is 3. The fraction of sp³-hybridized carbons (Fsp3) is 0.412. The third-order valence-electron chi connectivity index (χ3n) is 8.46. The number of fused-ring (bicyclic) bond motifs is 1. The molecule has 0 radical (unpaired) electrons. The van der Waals surface area contributed by atoms with E-state index in [1.54, 1.807) is 7.11 Å². The highest BCUT2D eigenvalue weighted by atomic mass is 16.7. The maximum absolute atomic E-state index is 13.6. The fourth-order valence-corrected chi connectivity index (χ4v) is 6.43. The average molecular weight is 573 g/mol. The number of carbonyl (C=O) groups excluding carboxylic acids is 1. The lowest BCUT2D eigenvalue weighted by atomic mass is 9.82. The Morgan fingerprint density at radius 2 is 1.71 bits per heavy atom. The second-order valence-corrected chi connectivity index (χ2v) is 11.0. The largest absolute Gasteiger partial charge is 0.493 e. The Kier molecular flexibility index (Phi) is 9.02. The van der Waals surface area contributed by atoms with E-state index in [0.29, 0.717) is 23.8 Å². The van der Waals surface area contributed by atoms with E-state index in [1.807, 2.05) is 47.4 Å². The first kappa shape index (κ1) is 29.5. The van der Waals surface area contributed by atoms with Crippen molar-refractivity contribution in [1.29, 1.82) is 0 Å². The molecule has 5 rings (SSSR count). The molecule has 1 saturated heterocycles. The molecule has 0 spiro atoms. The average Bonchev–Trinajstić information content (AvgIpc) is 3.62. The number of hydrogen-bond acceptors (Lipinski definition) is 6. The van der Waals surface area contributed by atoms with Crippen LogP contribution in [0.25, 0.3) is 0 Å². The van der Waals surface area contributed by atoms with Crippen LogP contribution in [0.2, 0.25) is 0 Å². The van der Waals surface area contributed by atoms with Crippen molar-refractivity contribution in [1.82, 2.24) is 4.90 Å². The van der Waals surface area contributed by atoms with Gasteiger partial charge in [0.25, 0.3) is 0 Å². The minimum atomic E-state index is -0.910. The van der Waals surface area contributed by atoms with Crippen molar-refractivity contribution in [3.05, 3.63) is 82.4 Å². The number of aryl methyl sites for hydroxylation is 3. The van der Waals surface area contributed by atoms with Crippen LogP contribution in [-0.2, 0) is 28.9 Å². The van der Waals surface area contributed by atoms with Gasteiger partial charge in [0.2, 0.25) is 18.4 Å². The van der Waals surface area contributed by atoms with Gasteiger partial charge in [-0.3, -0.25) is 14.5 Å². The van der Waals surface area contributed by atoms with Gasteiger partial charge in [-0.05, 0) is 59.2 Å². The lowest BCUT2D eigenvalue weighted by Crippen LogP contribution is -2.35. The molecule has 0 saturated carbocycles. The van der Waals surface area contributed by atoms with Crippen molar-refractivity contribution in [3.63, 3.8) is 0 Å². The normalized spacial score (nSPS) is 19.6. The van der Waals surface area contributed by atoms with E-state index in [0.717, 1.165) is 53.6 Å². The number of nitrogens with zero attached hydrogens (tertiary/aromatic N) is 1. The van der Waals surface area contributed by atoms with E-state index >= 15 is 0 Å². The van der Waals surface area contributed by atoms with Crippen molar-refractivity contribution < 1.29 is 28.9 Å². The number of anilines is 1. The summed E-state index contributed by atoms with van der Waals surface area (Å²) in [5.41, 5.74) is 5.90. The molecule has 2 heterocycles. The van der Waals surface area contributed by atoms with E-state index in [-0.39, 0.29) is 19.2 Å². The summed E-state index contributed by atoms with van der Waals surface area (Å²) in [5.74, 6) is -0.718. The number of para-hydroxylation sites is 1. The Morgan fingerprint density at radius 3 is 2.33 bits per heavy atom. The van der Waals surface area contributed by atoms with E-state index in [2.05, 4.69) is 38.2 Å². The Labute approximate surface area is 247 Å². The molecule has 8 nitrogen and oxygen atoms in total. The zero-order chi connectivity index (χ0) is 29.8. The van der Waals surface area contributed by atoms with Crippen LogP contribution in [-0.4, -0.2) is 48.9 Å². The molecule has 1 unspecified atom stereocenters. The summed E-state index contributed by atoms with van der Waals surface area (Å²) >= 11 is 0. The van der Waals surface area contributed by atoms with Crippen molar-refractivity contribution in [2.24, 2.45) is 5.92 Å². The summed E-state index contributed by atoms with van der Waals surface area (Å²) in [7, 11) is 1.56. The third-order valence-corrected chi connectivity index (χ3v) is 8.46. The zero-order valence-electron chi connectivity index (χ0n) is 24.8. The zero-order valence-corrected chi connectivity index (χ0v) is 24.8. The Morgan fingerprint density at radius 1 is 1.00 bits per heavy atom. The van der Waals surface area contributed by atoms with Crippen molar-refractivity contribution >= 4 is 17.6 Å². The van der Waals surface area contributed by atoms with Crippen molar-refractivity contribution in [3.8, 4) is 17.2 Å². The van der Waals surface area contributed by atoms with Crippen molar-refractivity contribution in [2.45, 2.75) is 58.4 Å². The Bertz CT molecular complexity index is 1410. The molecule has 3 atom stereocenters. The highest BCUT2D eigenvalue weighted by Crippen LogP contribution is 2.50. The van der Waals surface area contributed by atoms with Gasteiger partial charge in [-0.25, -0.2) is 0 Å². The first-order valence-electron chi connectivity index (χ1n) is 14.8. The van der Waals surface area contributed by atoms with Gasteiger partial charge in [-0.2, -0.15) is 0 Å². The van der Waals surface area contributed by atoms with Gasteiger partial charge in [0.15, 0.2) is 11.5 Å². The number of aliphatic carboxylic acids is 1. The molecular weight excluding hydrogens is 532 g/mol. The van der Waals surface area contributed by atoms with Gasteiger partial charge in [-0.1, -0.05) is 69.7 Å². The Balaban J connectivity index is 1.51. The van der Waals surface area contributed by atoms with E-state index < -0.39 is 23.8 Å². The van der Waals surface area contributed by atoms with Gasteiger partial charge >= 0.3 is 5.97 Å². The van der Waals surface area contributed by atoms with E-state index in [1.165, 1.54) is 5.56 Å². The highest BCUT2D eigenvalue weighted by Gasteiger charge is 2.48. The molecular formula is C34H40N2O6. The molecule has 2 aliphatic heterocycles. The monoisotopic (exact) mass is 572 g/mol. The minimum Gasteiger partial charge on any atom is -0.493 e. The number of carbonyl (C=O) groups is 2. The number of ether oxygens (including phenoxy) is 3. The molecule has 3 aromatic rings. The number of amides is 1. The number of likely N-dealkylation sites (tertiary alicyclic amines) is 1. The number of nitrogens with one attached hydrogen (secondary N) is 1. The first-order valence-corrected chi connectivity index (χ1v) is 14.8. The van der Waals surface area contributed by atoms with Gasteiger partial charge in [-0.15, -0.1) is 0 Å². The predicted molar refractivity (Wildman–Crippen MR) is 162 cm³/mol. The summed E-state index contributed by atoms with van der Waals surface area (Å²) < 4.78 is 16.8. The SMILES string of the molecule is CCCc1ccc([C@H]2C(C(=O)O)[C@@H](c3cc(OC)c4c(c3)OCO4)CN2CC(=O)Nc2c(CC)cccc2CC)cc1. The number of hydrogen-bond donors (Lipinski definition) is 2. The van der Waals surface area contributed by atoms with Crippen LogP contribution < -0.4 is 19.5 Å². The number of carboxylic acids is 1. The van der Waals surface area contributed by atoms with Gasteiger partial charge in [0, 0.05) is 24.2 Å². The second-order valence-electron chi connectivity index (χ2n) is 11.0. The molecule has 3 aromatic carbocycles. The molecule has 8 heteroatoms. The molecule has 1 amide bonds. The maximum Gasteiger partial charge on any atom is 0.309 e. The molecule has 42 heavy (non-hydrogen) atoms. The molecule has 1 fully saturated rings. The van der Waals surface area contributed by atoms with Crippen LogP contribution in [0.1, 0.15) is 67.0 Å². The molecule has 2 aliphatic rings. The van der Waals surface area contributed by atoms with Crippen LogP contribution in [0, 0.1) is 5.92 Å². The lowest BCUT2D eigenvalue weighted by Gasteiger charge is -2.27. The third kappa shape index (κ3) is 5.81. The fourth-order valence-electron chi connectivity index (χ4n) is 6.43. The van der Waals surface area contributed by atoms with Crippen LogP contribution in [0.4, 0.5) is 5.69 Å². The van der Waals surface area contributed by atoms with E-state index in [4.69, 9.17) is 14.2 Å². The van der Waals surface area contributed by atoms with E-state index in [9.17, 15) is 14.7 Å². The summed E-state index contributed by atoms with van der Waals surface area (Å²) in [4.78, 5) is 28.6. The lowest BCUT2D eigenvalue weighted by molar-refractivity contribution is -0.143. The van der Waals surface area contributed by atoms with Crippen LogP contribution in [0.15, 0.2) is 54.6 Å². The molecule has 0 aromatic heterocycles. The van der Waals surface area contributed by atoms with Crippen molar-refractivity contribution in [2.75, 3.05) is 32.3 Å².